The van der Waals surface area contributed by atoms with E-state index in [1.54, 1.807) is 17.0 Å². The van der Waals surface area contributed by atoms with E-state index in [0.29, 0.717) is 37.7 Å². The summed E-state index contributed by atoms with van der Waals surface area (Å²) in [4.78, 5) is 14.0. The van der Waals surface area contributed by atoms with E-state index in [2.05, 4.69) is 4.72 Å². The number of piperidine rings is 1. The average Bonchev–Trinajstić information content (AvgIpc) is 2.62. The molecule has 0 atom stereocenters. The fraction of sp³-hybridized carbons (Fsp3) is 0.350. The summed E-state index contributed by atoms with van der Waals surface area (Å²) in [7, 11) is -3.86. The van der Waals surface area contributed by atoms with E-state index < -0.39 is 27.4 Å². The number of aliphatic hydroxyl groups is 1. The predicted molar refractivity (Wildman–Crippen MR) is 105 cm³/mol. The number of carbonyl (C=O) groups excluding carboxylic acids is 1. The molecule has 2 N–H and O–H groups in total. The maximum atomic E-state index is 13.2. The summed E-state index contributed by atoms with van der Waals surface area (Å²) < 4.78 is 53.3. The largest absolute Gasteiger partial charge is 0.393 e. The molecule has 156 valence electrons. The molecule has 2 aromatic rings. The quantitative estimate of drug-likeness (QED) is 0.746. The third kappa shape index (κ3) is 6.23. The molecular formula is C20H22F2N2O4S. The first-order valence-corrected chi connectivity index (χ1v) is 10.9. The molecule has 1 aliphatic heterocycles. The van der Waals surface area contributed by atoms with E-state index in [4.69, 9.17) is 0 Å². The molecule has 0 bridgehead atoms. The number of likely N-dealkylation sites (tertiary alicyclic amines) is 1. The minimum absolute atomic E-state index is 0.00358. The van der Waals surface area contributed by atoms with Gasteiger partial charge in [-0.05, 0) is 48.2 Å². The van der Waals surface area contributed by atoms with Crippen molar-refractivity contribution in [3.63, 3.8) is 0 Å². The van der Waals surface area contributed by atoms with Gasteiger partial charge in [-0.2, -0.15) is 0 Å². The SMILES string of the molecule is O=C(Cc1ccc(NS(=O)(=O)Cc2cc(F)cc(F)c2)cc1)N1CCC(O)CC1. The predicted octanol–water partition coefficient (Wildman–Crippen LogP) is 2.43. The fourth-order valence-electron chi connectivity index (χ4n) is 3.22. The van der Waals surface area contributed by atoms with E-state index in [1.165, 1.54) is 12.1 Å². The number of halogens is 2. The van der Waals surface area contributed by atoms with Crippen LogP contribution in [-0.2, 0) is 27.0 Å². The highest BCUT2D eigenvalue weighted by atomic mass is 32.2. The lowest BCUT2D eigenvalue weighted by molar-refractivity contribution is -0.132. The highest BCUT2D eigenvalue weighted by molar-refractivity contribution is 7.91. The molecule has 0 radical (unpaired) electrons. The molecule has 0 spiro atoms. The summed E-state index contributed by atoms with van der Waals surface area (Å²) in [6, 6.07) is 8.98. The number of anilines is 1. The molecular weight excluding hydrogens is 402 g/mol. The van der Waals surface area contributed by atoms with Crippen molar-refractivity contribution in [3.8, 4) is 0 Å². The number of hydrogen-bond donors (Lipinski definition) is 2. The lowest BCUT2D eigenvalue weighted by Gasteiger charge is -2.29. The molecule has 1 amide bonds. The number of amides is 1. The maximum absolute atomic E-state index is 13.2. The first kappa shape index (κ1) is 21.2. The second-order valence-electron chi connectivity index (χ2n) is 7.12. The highest BCUT2D eigenvalue weighted by Crippen LogP contribution is 2.17. The number of sulfonamides is 1. The van der Waals surface area contributed by atoms with E-state index in [9.17, 15) is 27.1 Å². The zero-order valence-corrected chi connectivity index (χ0v) is 16.5. The molecule has 2 aromatic carbocycles. The van der Waals surface area contributed by atoms with Crippen molar-refractivity contribution in [1.29, 1.82) is 0 Å². The molecule has 29 heavy (non-hydrogen) atoms. The standard InChI is InChI=1S/C20H22F2N2O4S/c21-16-9-15(10-17(22)12-16)13-29(27,28)23-18-3-1-14(2-4-18)11-20(26)24-7-5-19(25)6-8-24/h1-4,9-10,12,19,23,25H,5-8,11,13H2. The maximum Gasteiger partial charge on any atom is 0.236 e. The Morgan fingerprint density at radius 3 is 2.21 bits per heavy atom. The Hall–Kier alpha value is -2.52. The first-order chi connectivity index (χ1) is 13.7. The Labute approximate surface area is 168 Å². The molecule has 0 saturated carbocycles. The molecule has 9 heteroatoms. The third-order valence-corrected chi connectivity index (χ3v) is 5.94. The third-order valence-electron chi connectivity index (χ3n) is 4.68. The van der Waals surface area contributed by atoms with Crippen LogP contribution in [-0.4, -0.2) is 43.5 Å². The van der Waals surface area contributed by atoms with Crippen LogP contribution in [0.15, 0.2) is 42.5 Å². The van der Waals surface area contributed by atoms with Crippen LogP contribution < -0.4 is 4.72 Å². The topological polar surface area (TPSA) is 86.7 Å². The Morgan fingerprint density at radius 1 is 1.03 bits per heavy atom. The van der Waals surface area contributed by atoms with Crippen LogP contribution in [0, 0.1) is 11.6 Å². The van der Waals surface area contributed by atoms with Crippen LogP contribution in [0.5, 0.6) is 0 Å². The van der Waals surface area contributed by atoms with Crippen LogP contribution in [0.2, 0.25) is 0 Å². The van der Waals surface area contributed by atoms with Crippen molar-refractivity contribution in [1.82, 2.24) is 4.90 Å². The van der Waals surface area contributed by atoms with Gasteiger partial charge in [-0.15, -0.1) is 0 Å². The average molecular weight is 424 g/mol. The van der Waals surface area contributed by atoms with Crippen molar-refractivity contribution in [2.75, 3.05) is 17.8 Å². The summed E-state index contributed by atoms with van der Waals surface area (Å²) in [5.41, 5.74) is 1.03. The summed E-state index contributed by atoms with van der Waals surface area (Å²) in [6.45, 7) is 1.05. The number of hydrogen-bond acceptors (Lipinski definition) is 4. The van der Waals surface area contributed by atoms with Gasteiger partial charge in [-0.3, -0.25) is 9.52 Å². The van der Waals surface area contributed by atoms with Gasteiger partial charge in [0.05, 0.1) is 18.3 Å². The molecule has 1 aliphatic rings. The Bertz CT molecular complexity index is 952. The minimum atomic E-state index is -3.86. The number of nitrogens with one attached hydrogen (secondary N) is 1. The van der Waals surface area contributed by atoms with Gasteiger partial charge in [0.1, 0.15) is 11.6 Å². The highest BCUT2D eigenvalue weighted by Gasteiger charge is 2.21. The van der Waals surface area contributed by atoms with E-state index in [0.717, 1.165) is 17.7 Å². The molecule has 1 heterocycles. The van der Waals surface area contributed by atoms with Gasteiger partial charge in [-0.25, -0.2) is 17.2 Å². The number of aliphatic hydroxyl groups excluding tert-OH is 1. The van der Waals surface area contributed by atoms with E-state index >= 15 is 0 Å². The van der Waals surface area contributed by atoms with Crippen molar-refractivity contribution in [3.05, 3.63) is 65.2 Å². The summed E-state index contributed by atoms with van der Waals surface area (Å²) in [6.07, 6.45) is 0.977. The van der Waals surface area contributed by atoms with Gasteiger partial charge < -0.3 is 10.0 Å². The van der Waals surface area contributed by atoms with Crippen molar-refractivity contribution >= 4 is 21.6 Å². The normalized spacial score (nSPS) is 15.3. The number of benzene rings is 2. The minimum Gasteiger partial charge on any atom is -0.393 e. The van der Waals surface area contributed by atoms with Gasteiger partial charge in [0.25, 0.3) is 0 Å². The Balaban J connectivity index is 1.58. The van der Waals surface area contributed by atoms with Crippen molar-refractivity contribution < 1.29 is 27.1 Å². The summed E-state index contributed by atoms with van der Waals surface area (Å²) in [5.74, 6) is -2.29. The number of rotatable bonds is 6. The Kier molecular flexibility index (Phi) is 6.49. The van der Waals surface area contributed by atoms with Crippen LogP contribution >= 0.6 is 0 Å². The molecule has 1 fully saturated rings. The van der Waals surface area contributed by atoms with Gasteiger partial charge in [-0.1, -0.05) is 12.1 Å². The van der Waals surface area contributed by atoms with Crippen LogP contribution in [0.3, 0.4) is 0 Å². The number of carbonyl (C=O) groups is 1. The lowest BCUT2D eigenvalue weighted by atomic mass is 10.1. The molecule has 6 nitrogen and oxygen atoms in total. The number of nitrogens with zero attached hydrogens (tertiary/aromatic N) is 1. The summed E-state index contributed by atoms with van der Waals surface area (Å²) in [5, 5.41) is 9.51. The molecule has 0 aromatic heterocycles. The van der Waals surface area contributed by atoms with Gasteiger partial charge in [0.15, 0.2) is 0 Å². The van der Waals surface area contributed by atoms with E-state index in [1.807, 2.05) is 0 Å². The van der Waals surface area contributed by atoms with Crippen molar-refractivity contribution in [2.24, 2.45) is 0 Å². The van der Waals surface area contributed by atoms with Crippen LogP contribution in [0.1, 0.15) is 24.0 Å². The van der Waals surface area contributed by atoms with Crippen LogP contribution in [0.25, 0.3) is 0 Å². The molecule has 1 saturated heterocycles. The summed E-state index contributed by atoms with van der Waals surface area (Å²) >= 11 is 0. The lowest BCUT2D eigenvalue weighted by Crippen LogP contribution is -2.40. The van der Waals surface area contributed by atoms with Gasteiger partial charge >= 0.3 is 0 Å². The van der Waals surface area contributed by atoms with E-state index in [-0.39, 0.29) is 24.0 Å². The van der Waals surface area contributed by atoms with Crippen LogP contribution in [0.4, 0.5) is 14.5 Å². The molecule has 3 rings (SSSR count). The first-order valence-electron chi connectivity index (χ1n) is 9.20. The second kappa shape index (κ2) is 8.87. The van der Waals surface area contributed by atoms with Gasteiger partial charge in [0.2, 0.25) is 15.9 Å². The monoisotopic (exact) mass is 424 g/mol. The molecule has 0 unspecified atom stereocenters. The van der Waals surface area contributed by atoms with Crippen molar-refractivity contribution in [2.45, 2.75) is 31.1 Å². The fourth-order valence-corrected chi connectivity index (χ4v) is 4.39. The zero-order valence-electron chi connectivity index (χ0n) is 15.6. The smallest absolute Gasteiger partial charge is 0.236 e. The zero-order chi connectivity index (χ0) is 21.0. The Morgan fingerprint density at radius 2 is 1.62 bits per heavy atom. The van der Waals surface area contributed by atoms with Gasteiger partial charge in [0, 0.05) is 24.8 Å². The molecule has 0 aliphatic carbocycles. The second-order valence-corrected chi connectivity index (χ2v) is 8.85.